The lowest BCUT2D eigenvalue weighted by atomic mass is 10.0. The molecule has 1 heterocycles. The zero-order valence-corrected chi connectivity index (χ0v) is 12.5. The first-order chi connectivity index (χ1) is 9.58. The summed E-state index contributed by atoms with van der Waals surface area (Å²) in [6.45, 7) is 8.21. The Hall–Kier alpha value is -1.39. The van der Waals surface area contributed by atoms with Gasteiger partial charge in [-0.1, -0.05) is 23.8 Å². The molecule has 0 aromatic heterocycles. The van der Waals surface area contributed by atoms with Gasteiger partial charge < -0.3 is 15.4 Å². The van der Waals surface area contributed by atoms with Crippen molar-refractivity contribution in [1.82, 2.24) is 10.6 Å². The van der Waals surface area contributed by atoms with Crippen molar-refractivity contribution in [1.29, 1.82) is 0 Å². The first kappa shape index (κ1) is 15.0. The van der Waals surface area contributed by atoms with E-state index in [0.29, 0.717) is 13.2 Å². The molecule has 0 bridgehead atoms. The molecule has 4 nitrogen and oxygen atoms in total. The lowest BCUT2D eigenvalue weighted by Gasteiger charge is -2.29. The molecular formula is C16H24N2O2. The van der Waals surface area contributed by atoms with Gasteiger partial charge in [-0.3, -0.25) is 4.79 Å². The Morgan fingerprint density at radius 3 is 2.95 bits per heavy atom. The van der Waals surface area contributed by atoms with Gasteiger partial charge in [0.25, 0.3) is 0 Å². The molecule has 0 saturated carbocycles. The number of amides is 1. The van der Waals surface area contributed by atoms with E-state index in [2.05, 4.69) is 42.7 Å². The third kappa shape index (κ3) is 3.81. The maximum Gasteiger partial charge on any atom is 0.239 e. The third-order valence-electron chi connectivity index (χ3n) is 3.79. The van der Waals surface area contributed by atoms with Crippen LogP contribution in [-0.4, -0.2) is 37.7 Å². The van der Waals surface area contributed by atoms with Gasteiger partial charge >= 0.3 is 0 Å². The average Bonchev–Trinajstić information content (AvgIpc) is 2.41. The van der Waals surface area contributed by atoms with Crippen LogP contribution in [0.3, 0.4) is 0 Å². The number of rotatable bonds is 4. The minimum Gasteiger partial charge on any atom is -0.375 e. The van der Waals surface area contributed by atoms with Crippen molar-refractivity contribution in [2.45, 2.75) is 39.3 Å². The molecule has 2 atom stereocenters. The Kier molecular flexibility index (Phi) is 5.15. The number of aryl methyl sites for hydroxylation is 2. The number of nitrogens with one attached hydrogen (secondary N) is 2. The van der Waals surface area contributed by atoms with Crippen molar-refractivity contribution in [2.75, 3.05) is 19.7 Å². The molecule has 2 N–H and O–H groups in total. The van der Waals surface area contributed by atoms with E-state index >= 15 is 0 Å². The van der Waals surface area contributed by atoms with Crippen LogP contribution >= 0.6 is 0 Å². The Morgan fingerprint density at radius 2 is 2.25 bits per heavy atom. The molecule has 1 aliphatic rings. The molecule has 4 heteroatoms. The summed E-state index contributed by atoms with van der Waals surface area (Å²) in [5, 5.41) is 6.19. The van der Waals surface area contributed by atoms with Crippen LogP contribution in [0.25, 0.3) is 0 Å². The quantitative estimate of drug-likeness (QED) is 0.872. The van der Waals surface area contributed by atoms with Crippen LogP contribution in [0, 0.1) is 13.8 Å². The van der Waals surface area contributed by atoms with E-state index in [0.717, 1.165) is 13.0 Å². The molecule has 1 aromatic rings. The van der Waals surface area contributed by atoms with Crippen LogP contribution in [0.2, 0.25) is 0 Å². The second kappa shape index (κ2) is 6.86. The molecule has 110 valence electrons. The molecule has 1 amide bonds. The number of hydrogen-bond acceptors (Lipinski definition) is 3. The van der Waals surface area contributed by atoms with Gasteiger partial charge in [-0.15, -0.1) is 0 Å². The van der Waals surface area contributed by atoms with Crippen molar-refractivity contribution >= 4 is 5.91 Å². The molecule has 1 aliphatic heterocycles. The maximum atomic E-state index is 12.1. The van der Waals surface area contributed by atoms with E-state index in [1.807, 2.05) is 6.92 Å². The lowest BCUT2D eigenvalue weighted by Crippen LogP contribution is -2.55. The van der Waals surface area contributed by atoms with Crippen molar-refractivity contribution < 1.29 is 9.53 Å². The summed E-state index contributed by atoms with van der Waals surface area (Å²) in [6, 6.07) is 6.20. The van der Waals surface area contributed by atoms with Gasteiger partial charge in [-0.25, -0.2) is 0 Å². The second-order valence-corrected chi connectivity index (χ2v) is 5.48. The van der Waals surface area contributed by atoms with Crippen LogP contribution in [0.5, 0.6) is 0 Å². The molecule has 1 fully saturated rings. The van der Waals surface area contributed by atoms with Crippen LogP contribution in [0.4, 0.5) is 0 Å². The number of benzene rings is 1. The number of carbonyl (C=O) groups is 1. The molecule has 1 aromatic carbocycles. The second-order valence-electron chi connectivity index (χ2n) is 5.48. The summed E-state index contributed by atoms with van der Waals surface area (Å²) in [7, 11) is 0. The minimum atomic E-state index is -0.233. The van der Waals surface area contributed by atoms with Gasteiger partial charge in [-0.2, -0.15) is 0 Å². The van der Waals surface area contributed by atoms with E-state index < -0.39 is 0 Å². The van der Waals surface area contributed by atoms with Gasteiger partial charge in [-0.05, 0) is 38.3 Å². The summed E-state index contributed by atoms with van der Waals surface area (Å²) in [6.07, 6.45) is 0.796. The predicted octanol–water partition coefficient (Wildman–Crippen LogP) is 1.34. The molecule has 0 unspecified atom stereocenters. The number of carbonyl (C=O) groups excluding carboxylic acids is 1. The topological polar surface area (TPSA) is 50.4 Å². The van der Waals surface area contributed by atoms with Crippen LogP contribution in [0.1, 0.15) is 23.6 Å². The van der Waals surface area contributed by atoms with Crippen molar-refractivity contribution in [3.63, 3.8) is 0 Å². The van der Waals surface area contributed by atoms with E-state index in [-0.39, 0.29) is 18.1 Å². The smallest absolute Gasteiger partial charge is 0.239 e. The standard InChI is InChI=1S/C16H24N2O2/c1-11-4-5-14(12(2)10-11)6-7-18-16(19)15-13(3)20-9-8-17-15/h4-5,10,13,15,17H,6-9H2,1-3H3,(H,18,19)/t13-,15+/m1/s1. The van der Waals surface area contributed by atoms with Crippen LogP contribution in [0.15, 0.2) is 18.2 Å². The third-order valence-corrected chi connectivity index (χ3v) is 3.79. The highest BCUT2D eigenvalue weighted by molar-refractivity contribution is 5.82. The van der Waals surface area contributed by atoms with E-state index in [1.54, 1.807) is 0 Å². The number of ether oxygens (including phenoxy) is 1. The van der Waals surface area contributed by atoms with Crippen molar-refractivity contribution in [3.8, 4) is 0 Å². The fourth-order valence-corrected chi connectivity index (χ4v) is 2.58. The minimum absolute atomic E-state index is 0.0296. The average molecular weight is 276 g/mol. The van der Waals surface area contributed by atoms with Gasteiger partial charge in [0.15, 0.2) is 0 Å². The van der Waals surface area contributed by atoms with E-state index in [1.165, 1.54) is 16.7 Å². The monoisotopic (exact) mass is 276 g/mol. The van der Waals surface area contributed by atoms with E-state index in [4.69, 9.17) is 4.74 Å². The Labute approximate surface area is 120 Å². The molecule has 0 radical (unpaired) electrons. The summed E-state index contributed by atoms with van der Waals surface area (Å²) in [5.41, 5.74) is 3.84. The summed E-state index contributed by atoms with van der Waals surface area (Å²) in [4.78, 5) is 12.1. The normalized spacial score (nSPS) is 22.6. The lowest BCUT2D eigenvalue weighted by molar-refractivity contribution is -0.128. The first-order valence-electron chi connectivity index (χ1n) is 7.27. The summed E-state index contributed by atoms with van der Waals surface area (Å²) in [5.74, 6) is 0.0296. The molecule has 0 spiro atoms. The Bertz CT molecular complexity index is 474. The zero-order valence-electron chi connectivity index (χ0n) is 12.5. The predicted molar refractivity (Wildman–Crippen MR) is 79.8 cm³/mol. The molecule has 0 aliphatic carbocycles. The van der Waals surface area contributed by atoms with E-state index in [9.17, 15) is 4.79 Å². The van der Waals surface area contributed by atoms with Crippen LogP contribution in [-0.2, 0) is 16.0 Å². The maximum absolute atomic E-state index is 12.1. The molecular weight excluding hydrogens is 252 g/mol. The molecule has 20 heavy (non-hydrogen) atoms. The SMILES string of the molecule is Cc1ccc(CCNC(=O)[C@H]2NCCO[C@@H]2C)c(C)c1. The van der Waals surface area contributed by atoms with Crippen molar-refractivity contribution in [2.24, 2.45) is 0 Å². The highest BCUT2D eigenvalue weighted by Crippen LogP contribution is 2.11. The van der Waals surface area contributed by atoms with Gasteiger partial charge in [0, 0.05) is 13.1 Å². The van der Waals surface area contributed by atoms with Crippen LogP contribution < -0.4 is 10.6 Å². The highest BCUT2D eigenvalue weighted by atomic mass is 16.5. The largest absolute Gasteiger partial charge is 0.375 e. The van der Waals surface area contributed by atoms with Gasteiger partial charge in [0.1, 0.15) is 6.04 Å². The Morgan fingerprint density at radius 1 is 1.45 bits per heavy atom. The number of hydrogen-bond donors (Lipinski definition) is 2. The molecule has 1 saturated heterocycles. The van der Waals surface area contributed by atoms with Gasteiger partial charge in [0.05, 0.1) is 12.7 Å². The number of morpholine rings is 1. The van der Waals surface area contributed by atoms with Gasteiger partial charge in [0.2, 0.25) is 5.91 Å². The van der Waals surface area contributed by atoms with Crippen molar-refractivity contribution in [3.05, 3.63) is 34.9 Å². The zero-order chi connectivity index (χ0) is 14.5. The summed E-state index contributed by atoms with van der Waals surface area (Å²) >= 11 is 0. The fraction of sp³-hybridized carbons (Fsp3) is 0.562. The summed E-state index contributed by atoms with van der Waals surface area (Å²) < 4.78 is 5.49. The Balaban J connectivity index is 1.81. The first-order valence-corrected chi connectivity index (χ1v) is 7.27. The highest BCUT2D eigenvalue weighted by Gasteiger charge is 2.27. The molecule has 2 rings (SSSR count). The fourth-order valence-electron chi connectivity index (χ4n) is 2.58.